The lowest BCUT2D eigenvalue weighted by Crippen LogP contribution is -2.36. The average Bonchev–Trinajstić information content (AvgIpc) is 3.22. The van der Waals surface area contributed by atoms with Crippen molar-refractivity contribution in [1.29, 1.82) is 0 Å². The number of benzene rings is 1. The number of carbonyl (C=O) groups excluding carboxylic acids is 1. The van der Waals surface area contributed by atoms with Crippen LogP contribution < -0.4 is 4.90 Å². The summed E-state index contributed by atoms with van der Waals surface area (Å²) in [7, 11) is 0. The van der Waals surface area contributed by atoms with E-state index in [4.69, 9.17) is 0 Å². The molecule has 0 bridgehead atoms. The Bertz CT molecular complexity index is 787. The lowest BCUT2D eigenvalue weighted by Gasteiger charge is -2.29. The van der Waals surface area contributed by atoms with E-state index in [-0.39, 0.29) is 12.5 Å². The molecule has 0 spiro atoms. The normalized spacial score (nSPS) is 20.6. The second-order valence-electron chi connectivity index (χ2n) is 7.24. The zero-order valence-electron chi connectivity index (χ0n) is 15.3. The van der Waals surface area contributed by atoms with E-state index < -0.39 is 0 Å². The number of aryl methyl sites for hydroxylation is 1. The van der Waals surface area contributed by atoms with Gasteiger partial charge in [0.05, 0.1) is 12.3 Å². The zero-order valence-corrected chi connectivity index (χ0v) is 15.3. The van der Waals surface area contributed by atoms with Gasteiger partial charge in [0.15, 0.2) is 0 Å². The van der Waals surface area contributed by atoms with Gasteiger partial charge in [-0.25, -0.2) is 0 Å². The fraction of sp³-hybridized carbons (Fsp3) is 0.500. The molecule has 2 aliphatic heterocycles. The van der Waals surface area contributed by atoms with Crippen molar-refractivity contribution in [2.75, 3.05) is 24.5 Å². The highest BCUT2D eigenvalue weighted by atomic mass is 16.3. The fourth-order valence-electron chi connectivity index (χ4n) is 4.29. The van der Waals surface area contributed by atoms with Crippen LogP contribution in [0.2, 0.25) is 0 Å². The monoisotopic (exact) mass is 354 g/mol. The van der Waals surface area contributed by atoms with Crippen molar-refractivity contribution in [3.63, 3.8) is 0 Å². The van der Waals surface area contributed by atoms with E-state index in [1.54, 1.807) is 0 Å². The van der Waals surface area contributed by atoms with Crippen LogP contribution in [0.5, 0.6) is 0 Å². The Morgan fingerprint density at radius 1 is 1.27 bits per heavy atom. The number of aliphatic hydroxyl groups excluding tert-OH is 1. The quantitative estimate of drug-likeness (QED) is 0.890. The second-order valence-corrected chi connectivity index (χ2v) is 7.24. The van der Waals surface area contributed by atoms with E-state index in [2.05, 4.69) is 16.9 Å². The third kappa shape index (κ3) is 3.15. The number of aromatic nitrogens is 2. The highest BCUT2D eigenvalue weighted by Crippen LogP contribution is 2.28. The number of anilines is 1. The Morgan fingerprint density at radius 3 is 2.81 bits per heavy atom. The third-order valence-corrected chi connectivity index (χ3v) is 5.53. The summed E-state index contributed by atoms with van der Waals surface area (Å²) in [6.45, 7) is 6.42. The molecule has 1 amide bonds. The molecule has 1 fully saturated rings. The van der Waals surface area contributed by atoms with Crippen LogP contribution in [-0.2, 0) is 30.9 Å². The van der Waals surface area contributed by atoms with Gasteiger partial charge in [-0.05, 0) is 25.0 Å². The number of rotatable bonds is 5. The molecule has 0 radical (unpaired) electrons. The maximum absolute atomic E-state index is 12.4. The molecule has 0 unspecified atom stereocenters. The molecule has 26 heavy (non-hydrogen) atoms. The molecule has 1 N–H and O–H groups in total. The molecule has 1 aromatic heterocycles. The highest BCUT2D eigenvalue weighted by molar-refractivity contribution is 5.95. The van der Waals surface area contributed by atoms with Crippen molar-refractivity contribution in [2.45, 2.75) is 39.5 Å². The first-order valence-electron chi connectivity index (χ1n) is 9.45. The minimum atomic E-state index is -0.00707. The summed E-state index contributed by atoms with van der Waals surface area (Å²) in [6, 6.07) is 9.93. The summed E-state index contributed by atoms with van der Waals surface area (Å²) < 4.78 is 2.02. The standard InChI is InChI=1S/C20H26N4O2/c1-2-24-19-8-9-22(13-17(19)18(14-25)21-24)11-15-10-20(26)23(12-15)16-6-4-3-5-7-16/h3-7,15,25H,2,8-14H2,1H3/t15-/m1/s1. The fourth-order valence-corrected chi connectivity index (χ4v) is 4.29. The Balaban J connectivity index is 1.43. The number of para-hydroxylation sites is 1. The number of carbonyl (C=O) groups is 1. The molecule has 138 valence electrons. The molecular weight excluding hydrogens is 328 g/mol. The Morgan fingerprint density at radius 2 is 2.08 bits per heavy atom. The van der Waals surface area contributed by atoms with E-state index in [9.17, 15) is 9.90 Å². The van der Waals surface area contributed by atoms with Crippen LogP contribution in [0.25, 0.3) is 0 Å². The predicted octanol–water partition coefficient (Wildman–Crippen LogP) is 1.81. The zero-order chi connectivity index (χ0) is 18.1. The lowest BCUT2D eigenvalue weighted by atomic mass is 10.0. The summed E-state index contributed by atoms with van der Waals surface area (Å²) in [4.78, 5) is 16.8. The molecule has 0 aliphatic carbocycles. The van der Waals surface area contributed by atoms with Crippen molar-refractivity contribution in [1.82, 2.24) is 14.7 Å². The van der Waals surface area contributed by atoms with Crippen LogP contribution in [0.1, 0.15) is 30.3 Å². The molecule has 0 saturated carbocycles. The Labute approximate surface area is 154 Å². The van der Waals surface area contributed by atoms with Gasteiger partial charge in [-0.2, -0.15) is 5.10 Å². The molecule has 6 nitrogen and oxygen atoms in total. The van der Waals surface area contributed by atoms with Crippen LogP contribution in [0.15, 0.2) is 30.3 Å². The van der Waals surface area contributed by atoms with Gasteiger partial charge in [0.1, 0.15) is 0 Å². The summed E-state index contributed by atoms with van der Waals surface area (Å²) in [6.07, 6.45) is 1.57. The van der Waals surface area contributed by atoms with Crippen molar-refractivity contribution < 1.29 is 9.90 Å². The molecule has 2 aromatic rings. The summed E-state index contributed by atoms with van der Waals surface area (Å²) in [5.41, 5.74) is 4.25. The Hall–Kier alpha value is -2.18. The number of hydrogen-bond donors (Lipinski definition) is 1. The summed E-state index contributed by atoms with van der Waals surface area (Å²) in [5.74, 6) is 0.566. The molecule has 3 heterocycles. The highest BCUT2D eigenvalue weighted by Gasteiger charge is 2.33. The van der Waals surface area contributed by atoms with Crippen LogP contribution in [0.3, 0.4) is 0 Å². The van der Waals surface area contributed by atoms with E-state index in [0.717, 1.165) is 50.5 Å². The van der Waals surface area contributed by atoms with Crippen molar-refractivity contribution in [3.8, 4) is 0 Å². The van der Waals surface area contributed by atoms with Gasteiger partial charge in [0.25, 0.3) is 0 Å². The SMILES string of the molecule is CCn1nc(CO)c2c1CCN(C[C@H]1CC(=O)N(c3ccccc3)C1)C2. The first kappa shape index (κ1) is 17.2. The molecule has 1 atom stereocenters. The number of amides is 1. The third-order valence-electron chi connectivity index (χ3n) is 5.53. The number of hydrogen-bond acceptors (Lipinski definition) is 4. The topological polar surface area (TPSA) is 61.6 Å². The van der Waals surface area contributed by atoms with Gasteiger partial charge in [0, 0.05) is 62.5 Å². The summed E-state index contributed by atoms with van der Waals surface area (Å²) >= 11 is 0. The van der Waals surface area contributed by atoms with Crippen LogP contribution in [0.4, 0.5) is 5.69 Å². The molecular formula is C20H26N4O2. The largest absolute Gasteiger partial charge is 0.390 e. The van der Waals surface area contributed by atoms with Crippen molar-refractivity contribution in [2.24, 2.45) is 5.92 Å². The number of nitrogens with zero attached hydrogens (tertiary/aromatic N) is 4. The van der Waals surface area contributed by atoms with Crippen LogP contribution in [-0.4, -0.2) is 45.3 Å². The second kappa shape index (κ2) is 7.21. The van der Waals surface area contributed by atoms with Gasteiger partial charge in [-0.1, -0.05) is 18.2 Å². The van der Waals surface area contributed by atoms with Gasteiger partial charge in [-0.3, -0.25) is 14.4 Å². The maximum atomic E-state index is 12.4. The predicted molar refractivity (Wildman–Crippen MR) is 99.7 cm³/mol. The lowest BCUT2D eigenvalue weighted by molar-refractivity contribution is -0.117. The Kier molecular flexibility index (Phi) is 4.78. The van der Waals surface area contributed by atoms with Gasteiger partial charge >= 0.3 is 0 Å². The molecule has 1 aromatic carbocycles. The van der Waals surface area contributed by atoms with Crippen LogP contribution >= 0.6 is 0 Å². The summed E-state index contributed by atoms with van der Waals surface area (Å²) in [5, 5.41) is 14.2. The van der Waals surface area contributed by atoms with Gasteiger partial charge < -0.3 is 10.0 Å². The molecule has 4 rings (SSSR count). The minimum absolute atomic E-state index is 0.00707. The van der Waals surface area contributed by atoms with Gasteiger partial charge in [-0.15, -0.1) is 0 Å². The van der Waals surface area contributed by atoms with Gasteiger partial charge in [0.2, 0.25) is 5.91 Å². The van der Waals surface area contributed by atoms with E-state index >= 15 is 0 Å². The van der Waals surface area contributed by atoms with Crippen molar-refractivity contribution in [3.05, 3.63) is 47.3 Å². The van der Waals surface area contributed by atoms with Crippen molar-refractivity contribution >= 4 is 11.6 Å². The van der Waals surface area contributed by atoms with Crippen LogP contribution in [0, 0.1) is 5.92 Å². The average molecular weight is 354 g/mol. The molecule has 1 saturated heterocycles. The van der Waals surface area contributed by atoms with E-state index in [1.165, 1.54) is 11.3 Å². The smallest absolute Gasteiger partial charge is 0.227 e. The van der Waals surface area contributed by atoms with E-state index in [0.29, 0.717) is 12.3 Å². The maximum Gasteiger partial charge on any atom is 0.227 e. The molecule has 2 aliphatic rings. The number of aliphatic hydroxyl groups is 1. The number of fused-ring (bicyclic) bond motifs is 1. The minimum Gasteiger partial charge on any atom is -0.390 e. The first-order chi connectivity index (χ1) is 12.7. The molecule has 6 heteroatoms. The first-order valence-corrected chi connectivity index (χ1v) is 9.45. The van der Waals surface area contributed by atoms with E-state index in [1.807, 2.05) is 39.9 Å².